The third-order valence-electron chi connectivity index (χ3n) is 4.68. The fourth-order valence-electron chi connectivity index (χ4n) is 3.15. The van der Waals surface area contributed by atoms with Gasteiger partial charge in [-0.05, 0) is 48.2 Å². The van der Waals surface area contributed by atoms with E-state index in [9.17, 15) is 13.2 Å². The Labute approximate surface area is 160 Å². The Balaban J connectivity index is 1.51. The average molecular weight is 388 g/mol. The molecular formula is C20H24N2O4S. The third-order valence-corrected chi connectivity index (χ3v) is 6.59. The van der Waals surface area contributed by atoms with Gasteiger partial charge in [-0.3, -0.25) is 4.79 Å². The van der Waals surface area contributed by atoms with Gasteiger partial charge in [-0.2, -0.15) is 4.31 Å². The molecule has 6 nitrogen and oxygen atoms in total. The zero-order valence-electron chi connectivity index (χ0n) is 15.3. The van der Waals surface area contributed by atoms with Gasteiger partial charge in [-0.15, -0.1) is 0 Å². The molecule has 0 radical (unpaired) electrons. The van der Waals surface area contributed by atoms with Gasteiger partial charge in [0.1, 0.15) is 5.75 Å². The molecule has 2 aromatic rings. The number of methoxy groups -OCH3 is 1. The van der Waals surface area contributed by atoms with Crippen LogP contribution in [0.1, 0.15) is 27.9 Å². The number of ether oxygens (including phenoxy) is 1. The van der Waals surface area contributed by atoms with Crippen LogP contribution in [0.2, 0.25) is 0 Å². The Morgan fingerprint density at radius 1 is 1.15 bits per heavy atom. The van der Waals surface area contributed by atoms with Crippen LogP contribution in [0.5, 0.6) is 5.75 Å². The highest BCUT2D eigenvalue weighted by Crippen LogP contribution is 2.25. The molecule has 0 unspecified atom stereocenters. The summed E-state index contributed by atoms with van der Waals surface area (Å²) in [6.45, 7) is 1.19. The standard InChI is InChI=1S/C20H24N2O4S/c1-26-19-9-8-18-15-22(12-10-17(18)14-19)27(24,25)13-5-11-21-20(23)16-6-3-2-4-7-16/h2-4,6-9,14H,5,10-13,15H2,1H3,(H,21,23). The number of nitrogens with one attached hydrogen (secondary N) is 1. The molecule has 1 amide bonds. The minimum atomic E-state index is -3.35. The lowest BCUT2D eigenvalue weighted by Gasteiger charge is -2.28. The van der Waals surface area contributed by atoms with Crippen molar-refractivity contribution < 1.29 is 17.9 Å². The molecule has 1 aliphatic rings. The summed E-state index contributed by atoms with van der Waals surface area (Å²) < 4.78 is 32.0. The third kappa shape index (κ3) is 4.87. The molecule has 2 aromatic carbocycles. The fourth-order valence-corrected chi connectivity index (χ4v) is 4.62. The average Bonchev–Trinajstić information content (AvgIpc) is 2.70. The van der Waals surface area contributed by atoms with E-state index in [-0.39, 0.29) is 11.7 Å². The minimum absolute atomic E-state index is 0.0214. The number of benzene rings is 2. The van der Waals surface area contributed by atoms with Crippen molar-refractivity contribution in [3.8, 4) is 5.75 Å². The van der Waals surface area contributed by atoms with E-state index in [1.807, 2.05) is 24.3 Å². The van der Waals surface area contributed by atoms with Gasteiger partial charge in [0, 0.05) is 25.2 Å². The van der Waals surface area contributed by atoms with Gasteiger partial charge in [0.15, 0.2) is 0 Å². The van der Waals surface area contributed by atoms with E-state index in [1.165, 1.54) is 4.31 Å². The number of fused-ring (bicyclic) bond motifs is 1. The van der Waals surface area contributed by atoms with E-state index >= 15 is 0 Å². The lowest BCUT2D eigenvalue weighted by atomic mass is 10.0. The SMILES string of the molecule is COc1ccc2c(c1)CCN(S(=O)(=O)CCCNC(=O)c1ccccc1)C2. The Bertz CT molecular complexity index is 897. The normalized spacial score (nSPS) is 14.4. The van der Waals surface area contributed by atoms with Crippen LogP contribution in [0.4, 0.5) is 0 Å². The second kappa shape index (κ2) is 8.54. The lowest BCUT2D eigenvalue weighted by molar-refractivity contribution is 0.0953. The number of hydrogen-bond acceptors (Lipinski definition) is 4. The van der Waals surface area contributed by atoms with E-state index < -0.39 is 10.0 Å². The monoisotopic (exact) mass is 388 g/mol. The number of hydrogen-bond donors (Lipinski definition) is 1. The zero-order chi connectivity index (χ0) is 19.3. The van der Waals surface area contributed by atoms with Crippen molar-refractivity contribution in [3.05, 3.63) is 65.2 Å². The predicted molar refractivity (Wildman–Crippen MR) is 104 cm³/mol. The van der Waals surface area contributed by atoms with Gasteiger partial charge in [0.05, 0.1) is 12.9 Å². The van der Waals surface area contributed by atoms with Crippen molar-refractivity contribution in [1.82, 2.24) is 9.62 Å². The Kier molecular flexibility index (Phi) is 6.13. The summed E-state index contributed by atoms with van der Waals surface area (Å²) >= 11 is 0. The Morgan fingerprint density at radius 2 is 1.93 bits per heavy atom. The molecule has 0 saturated heterocycles. The van der Waals surface area contributed by atoms with Crippen LogP contribution >= 0.6 is 0 Å². The first-order chi connectivity index (χ1) is 13.0. The largest absolute Gasteiger partial charge is 0.497 e. The van der Waals surface area contributed by atoms with Crippen LogP contribution in [0.25, 0.3) is 0 Å². The number of rotatable bonds is 7. The maximum absolute atomic E-state index is 12.6. The van der Waals surface area contributed by atoms with Crippen LogP contribution in [0.3, 0.4) is 0 Å². The smallest absolute Gasteiger partial charge is 0.251 e. The van der Waals surface area contributed by atoms with Gasteiger partial charge >= 0.3 is 0 Å². The van der Waals surface area contributed by atoms with Gasteiger partial charge in [-0.25, -0.2) is 8.42 Å². The number of amides is 1. The number of sulfonamides is 1. The van der Waals surface area contributed by atoms with Gasteiger partial charge in [0.2, 0.25) is 10.0 Å². The van der Waals surface area contributed by atoms with Crippen LogP contribution in [-0.2, 0) is 23.0 Å². The first-order valence-corrected chi connectivity index (χ1v) is 10.6. The van der Waals surface area contributed by atoms with E-state index in [2.05, 4.69) is 5.32 Å². The van der Waals surface area contributed by atoms with Crippen molar-refractivity contribution in [2.24, 2.45) is 0 Å². The zero-order valence-corrected chi connectivity index (χ0v) is 16.2. The van der Waals surface area contributed by atoms with Crippen LogP contribution in [0, 0.1) is 0 Å². The summed E-state index contributed by atoms with van der Waals surface area (Å²) in [6.07, 6.45) is 1.06. The molecule has 0 fully saturated rings. The van der Waals surface area contributed by atoms with Crippen LogP contribution < -0.4 is 10.1 Å². The van der Waals surface area contributed by atoms with Gasteiger partial charge < -0.3 is 10.1 Å². The molecule has 1 aliphatic heterocycles. The topological polar surface area (TPSA) is 75.7 Å². The highest BCUT2D eigenvalue weighted by molar-refractivity contribution is 7.89. The fraction of sp³-hybridized carbons (Fsp3) is 0.350. The van der Waals surface area contributed by atoms with Crippen molar-refractivity contribution in [2.75, 3.05) is 26.0 Å². The Hall–Kier alpha value is -2.38. The molecule has 0 aromatic heterocycles. The Morgan fingerprint density at radius 3 is 2.67 bits per heavy atom. The van der Waals surface area contributed by atoms with E-state index in [4.69, 9.17) is 4.74 Å². The second-order valence-electron chi connectivity index (χ2n) is 6.51. The maximum Gasteiger partial charge on any atom is 0.251 e. The number of carbonyl (C=O) groups is 1. The van der Waals surface area contributed by atoms with Crippen LogP contribution in [0.15, 0.2) is 48.5 Å². The molecule has 0 atom stereocenters. The van der Waals surface area contributed by atoms with Crippen molar-refractivity contribution in [2.45, 2.75) is 19.4 Å². The van der Waals surface area contributed by atoms with Crippen molar-refractivity contribution in [1.29, 1.82) is 0 Å². The van der Waals surface area contributed by atoms with Gasteiger partial charge in [-0.1, -0.05) is 24.3 Å². The second-order valence-corrected chi connectivity index (χ2v) is 8.60. The number of carbonyl (C=O) groups excluding carboxylic acids is 1. The van der Waals surface area contributed by atoms with Crippen molar-refractivity contribution >= 4 is 15.9 Å². The summed E-state index contributed by atoms with van der Waals surface area (Å²) in [6, 6.07) is 14.6. The quantitative estimate of drug-likeness (QED) is 0.738. The predicted octanol–water partition coefficient (Wildman–Crippen LogP) is 2.20. The van der Waals surface area contributed by atoms with E-state index in [0.29, 0.717) is 38.0 Å². The summed E-state index contributed by atoms with van der Waals surface area (Å²) in [5.74, 6) is 0.626. The highest BCUT2D eigenvalue weighted by Gasteiger charge is 2.26. The summed E-state index contributed by atoms with van der Waals surface area (Å²) in [5.41, 5.74) is 2.72. The lowest BCUT2D eigenvalue weighted by Crippen LogP contribution is -2.38. The molecule has 3 rings (SSSR count). The summed E-state index contributed by atoms with van der Waals surface area (Å²) in [4.78, 5) is 12.0. The first-order valence-electron chi connectivity index (χ1n) is 8.96. The molecule has 0 spiro atoms. The highest BCUT2D eigenvalue weighted by atomic mass is 32.2. The van der Waals surface area contributed by atoms with Crippen molar-refractivity contribution in [3.63, 3.8) is 0 Å². The first kappa shape index (κ1) is 19.4. The van der Waals surface area contributed by atoms with Gasteiger partial charge in [0.25, 0.3) is 5.91 Å². The molecule has 1 N–H and O–H groups in total. The molecule has 7 heteroatoms. The molecule has 1 heterocycles. The molecular weight excluding hydrogens is 364 g/mol. The molecule has 0 saturated carbocycles. The maximum atomic E-state index is 12.6. The van der Waals surface area contributed by atoms with E-state index in [1.54, 1.807) is 31.4 Å². The van der Waals surface area contributed by atoms with Crippen LogP contribution in [-0.4, -0.2) is 44.6 Å². The molecule has 0 aliphatic carbocycles. The summed E-state index contributed by atoms with van der Waals surface area (Å²) in [5, 5.41) is 2.77. The molecule has 27 heavy (non-hydrogen) atoms. The molecule has 0 bridgehead atoms. The van der Waals surface area contributed by atoms with E-state index in [0.717, 1.165) is 16.9 Å². The molecule has 144 valence electrons. The number of nitrogens with zero attached hydrogens (tertiary/aromatic N) is 1. The minimum Gasteiger partial charge on any atom is -0.497 e. The summed E-state index contributed by atoms with van der Waals surface area (Å²) in [7, 11) is -1.73.